The van der Waals surface area contributed by atoms with Crippen molar-refractivity contribution in [2.45, 2.75) is 0 Å². The number of anilines is 3. The maximum absolute atomic E-state index is 2.34. The van der Waals surface area contributed by atoms with Gasteiger partial charge in [0.25, 0.3) is 0 Å². The van der Waals surface area contributed by atoms with Crippen LogP contribution in [0.2, 0.25) is 0 Å². The minimum atomic E-state index is 1.12. The minimum Gasteiger partial charge on any atom is -0.310 e. The monoisotopic (exact) mass is 623 g/mol. The van der Waals surface area contributed by atoms with Crippen LogP contribution in [0.5, 0.6) is 0 Å². The summed E-state index contributed by atoms with van der Waals surface area (Å²) in [7, 11) is 0. The predicted octanol–water partition coefficient (Wildman–Crippen LogP) is 13.6. The third kappa shape index (κ3) is 5.42. The topological polar surface area (TPSA) is 3.24 Å². The lowest BCUT2D eigenvalue weighted by molar-refractivity contribution is 1.28. The van der Waals surface area contributed by atoms with Crippen molar-refractivity contribution in [3.8, 4) is 33.4 Å². The molecule has 230 valence electrons. The fourth-order valence-electron chi connectivity index (χ4n) is 7.15. The molecule has 0 aliphatic rings. The van der Waals surface area contributed by atoms with Gasteiger partial charge < -0.3 is 4.90 Å². The molecule has 9 aromatic rings. The lowest BCUT2D eigenvalue weighted by Crippen LogP contribution is -2.09. The van der Waals surface area contributed by atoms with Crippen molar-refractivity contribution in [2.75, 3.05) is 4.90 Å². The SMILES string of the molecule is c1ccc(-c2ccc(-c3cccc(N(c4ccccc4)c4ccc(-c5ccc6c(ccc7c8ccccc8ccc67)c5)cc4)c3)cc2)cc1. The summed E-state index contributed by atoms with van der Waals surface area (Å²) in [5, 5.41) is 7.72. The molecule has 9 rings (SSSR count). The van der Waals surface area contributed by atoms with Gasteiger partial charge >= 0.3 is 0 Å². The summed E-state index contributed by atoms with van der Waals surface area (Å²) in [6.07, 6.45) is 0. The molecule has 0 spiro atoms. The molecule has 0 aromatic heterocycles. The molecule has 0 aliphatic carbocycles. The summed E-state index contributed by atoms with van der Waals surface area (Å²) in [4.78, 5) is 2.34. The van der Waals surface area contributed by atoms with Gasteiger partial charge in [-0.2, -0.15) is 0 Å². The van der Waals surface area contributed by atoms with E-state index in [0.717, 1.165) is 17.1 Å². The van der Waals surface area contributed by atoms with E-state index in [1.807, 2.05) is 0 Å². The van der Waals surface area contributed by atoms with E-state index in [-0.39, 0.29) is 0 Å². The van der Waals surface area contributed by atoms with Gasteiger partial charge in [0.05, 0.1) is 0 Å². The van der Waals surface area contributed by atoms with E-state index in [2.05, 4.69) is 205 Å². The fraction of sp³-hybridized carbons (Fsp3) is 0. The Morgan fingerprint density at radius 2 is 0.673 bits per heavy atom. The first-order valence-corrected chi connectivity index (χ1v) is 16.8. The summed E-state index contributed by atoms with van der Waals surface area (Å²) in [6.45, 7) is 0. The average molecular weight is 624 g/mol. The van der Waals surface area contributed by atoms with Crippen molar-refractivity contribution in [3.05, 3.63) is 200 Å². The van der Waals surface area contributed by atoms with Gasteiger partial charge in [0.15, 0.2) is 0 Å². The Labute approximate surface area is 287 Å². The van der Waals surface area contributed by atoms with Gasteiger partial charge in [-0.3, -0.25) is 0 Å². The second-order valence-corrected chi connectivity index (χ2v) is 12.6. The molecule has 0 aliphatic heterocycles. The first-order valence-electron chi connectivity index (χ1n) is 16.8. The third-order valence-electron chi connectivity index (χ3n) is 9.64. The van der Waals surface area contributed by atoms with Crippen molar-refractivity contribution >= 4 is 49.4 Å². The highest BCUT2D eigenvalue weighted by Crippen LogP contribution is 2.39. The van der Waals surface area contributed by atoms with Crippen LogP contribution in [-0.2, 0) is 0 Å². The van der Waals surface area contributed by atoms with Gasteiger partial charge in [0, 0.05) is 17.1 Å². The molecule has 0 fully saturated rings. The molecule has 9 aromatic carbocycles. The third-order valence-corrected chi connectivity index (χ3v) is 9.64. The van der Waals surface area contributed by atoms with E-state index >= 15 is 0 Å². The number of hydrogen-bond acceptors (Lipinski definition) is 1. The van der Waals surface area contributed by atoms with Crippen LogP contribution in [0.4, 0.5) is 17.1 Å². The van der Waals surface area contributed by atoms with Crippen LogP contribution >= 0.6 is 0 Å². The first-order chi connectivity index (χ1) is 24.3. The molecule has 0 unspecified atom stereocenters. The second kappa shape index (κ2) is 12.3. The Kier molecular flexibility index (Phi) is 7.22. The number of para-hydroxylation sites is 1. The minimum absolute atomic E-state index is 1.12. The highest BCUT2D eigenvalue weighted by atomic mass is 15.1. The molecule has 0 N–H and O–H groups in total. The van der Waals surface area contributed by atoms with Gasteiger partial charge in [-0.25, -0.2) is 0 Å². The van der Waals surface area contributed by atoms with Crippen molar-refractivity contribution in [1.82, 2.24) is 0 Å². The van der Waals surface area contributed by atoms with E-state index < -0.39 is 0 Å². The normalized spacial score (nSPS) is 11.3. The van der Waals surface area contributed by atoms with Crippen LogP contribution in [0.25, 0.3) is 65.7 Å². The molecule has 0 saturated carbocycles. The number of fused-ring (bicyclic) bond motifs is 5. The van der Waals surface area contributed by atoms with Crippen molar-refractivity contribution in [3.63, 3.8) is 0 Å². The summed E-state index contributed by atoms with van der Waals surface area (Å²) in [5.74, 6) is 0. The number of rotatable bonds is 6. The van der Waals surface area contributed by atoms with Gasteiger partial charge in [-0.1, -0.05) is 158 Å². The van der Waals surface area contributed by atoms with Gasteiger partial charge in [-0.05, 0) is 108 Å². The Balaban J connectivity index is 1.05. The van der Waals surface area contributed by atoms with Crippen molar-refractivity contribution in [1.29, 1.82) is 0 Å². The molecule has 1 nitrogen and oxygen atoms in total. The van der Waals surface area contributed by atoms with Crippen molar-refractivity contribution in [2.24, 2.45) is 0 Å². The fourth-order valence-corrected chi connectivity index (χ4v) is 7.15. The Bertz CT molecular complexity index is 2570. The molecule has 1 heteroatoms. The molecule has 0 bridgehead atoms. The van der Waals surface area contributed by atoms with Crippen molar-refractivity contribution < 1.29 is 0 Å². The van der Waals surface area contributed by atoms with Gasteiger partial charge in [-0.15, -0.1) is 0 Å². The Morgan fingerprint density at radius 1 is 0.224 bits per heavy atom. The zero-order valence-corrected chi connectivity index (χ0v) is 27.0. The van der Waals surface area contributed by atoms with Crippen LogP contribution in [0, 0.1) is 0 Å². The van der Waals surface area contributed by atoms with E-state index in [4.69, 9.17) is 0 Å². The number of hydrogen-bond donors (Lipinski definition) is 0. The van der Waals surface area contributed by atoms with Crippen LogP contribution < -0.4 is 4.90 Å². The number of nitrogens with zero attached hydrogens (tertiary/aromatic N) is 1. The zero-order chi connectivity index (χ0) is 32.6. The smallest absolute Gasteiger partial charge is 0.0467 e. The van der Waals surface area contributed by atoms with Crippen LogP contribution in [0.1, 0.15) is 0 Å². The van der Waals surface area contributed by atoms with Crippen LogP contribution in [0.15, 0.2) is 200 Å². The Morgan fingerprint density at radius 3 is 1.41 bits per heavy atom. The summed E-state index contributed by atoms with van der Waals surface area (Å²) < 4.78 is 0. The second-order valence-electron chi connectivity index (χ2n) is 12.6. The van der Waals surface area contributed by atoms with Gasteiger partial charge in [0.2, 0.25) is 0 Å². The maximum Gasteiger partial charge on any atom is 0.0467 e. The molecular weight excluding hydrogens is 591 g/mol. The van der Waals surface area contributed by atoms with E-state index in [1.54, 1.807) is 0 Å². The quantitative estimate of drug-likeness (QED) is 0.167. The van der Waals surface area contributed by atoms with Gasteiger partial charge in [0.1, 0.15) is 0 Å². The lowest BCUT2D eigenvalue weighted by Gasteiger charge is -2.26. The summed E-state index contributed by atoms with van der Waals surface area (Å²) in [6, 6.07) is 72.3. The highest BCUT2D eigenvalue weighted by Gasteiger charge is 2.14. The lowest BCUT2D eigenvalue weighted by atomic mass is 9.95. The average Bonchev–Trinajstić information content (AvgIpc) is 3.19. The molecule has 0 atom stereocenters. The van der Waals surface area contributed by atoms with Crippen LogP contribution in [-0.4, -0.2) is 0 Å². The predicted molar refractivity (Wildman–Crippen MR) is 210 cm³/mol. The Hall–Kier alpha value is -6.44. The molecule has 0 amide bonds. The zero-order valence-electron chi connectivity index (χ0n) is 27.0. The molecule has 49 heavy (non-hydrogen) atoms. The van der Waals surface area contributed by atoms with Crippen LogP contribution in [0.3, 0.4) is 0 Å². The highest BCUT2D eigenvalue weighted by molar-refractivity contribution is 6.17. The standard InChI is InChI=1S/C48H33N/c1-3-10-34(11-4-1)35-18-20-36(21-19-35)39-13-9-16-44(33-39)49(42-14-5-2-6-15-42)43-27-22-37(23-28-43)40-25-29-46-41(32-40)26-31-47-45-17-8-7-12-38(45)24-30-48(46)47/h1-33H. The van der Waals surface area contributed by atoms with E-state index in [9.17, 15) is 0 Å². The summed E-state index contributed by atoms with van der Waals surface area (Å²) in [5.41, 5.74) is 10.6. The number of benzene rings is 9. The molecule has 0 radical (unpaired) electrons. The van der Waals surface area contributed by atoms with E-state index in [1.165, 1.54) is 65.7 Å². The maximum atomic E-state index is 2.34. The summed E-state index contributed by atoms with van der Waals surface area (Å²) >= 11 is 0. The molecule has 0 heterocycles. The molecular formula is C48H33N. The molecule has 0 saturated heterocycles. The van der Waals surface area contributed by atoms with E-state index in [0.29, 0.717) is 0 Å². The first kappa shape index (κ1) is 28.8. The largest absolute Gasteiger partial charge is 0.310 e.